The molecule has 160 valence electrons. The molecule has 2 heterocycles. The zero-order valence-electron chi connectivity index (χ0n) is 14.2. The van der Waals surface area contributed by atoms with E-state index in [0.717, 1.165) is 0 Å². The van der Waals surface area contributed by atoms with E-state index < -0.39 is 54.3 Å². The van der Waals surface area contributed by atoms with Crippen LogP contribution in [-0.2, 0) is 36.4 Å². The van der Waals surface area contributed by atoms with E-state index in [4.69, 9.17) is 19.4 Å². The molecular weight excluding hydrogens is 447 g/mol. The summed E-state index contributed by atoms with van der Waals surface area (Å²) in [5.74, 6) is -0.818. The Labute approximate surface area is 158 Å². The molecule has 0 aromatic rings. The number of hydrogen-bond donors (Lipinski definition) is 5. The van der Waals surface area contributed by atoms with Gasteiger partial charge in [0.05, 0.1) is 24.7 Å². The maximum Gasteiger partial charge on any atom is 0.490 e. The SMILES string of the molecule is CC1C=C([C@H]2C[C@H](O)[C@@H](COP(=O)(O)OP(=O)(O)OP(=O)(O)O)O2)C=NC1=O. The molecule has 0 saturated carbocycles. The fraction of sp³-hybridized carbons (Fsp3) is 0.636. The van der Waals surface area contributed by atoms with Crippen LogP contribution in [0.4, 0.5) is 0 Å². The highest BCUT2D eigenvalue weighted by Crippen LogP contribution is 2.66. The first kappa shape index (κ1) is 23.7. The third kappa shape index (κ3) is 7.03. The lowest BCUT2D eigenvalue weighted by Crippen LogP contribution is -2.26. The quantitative estimate of drug-likeness (QED) is 0.299. The Balaban J connectivity index is 1.93. The van der Waals surface area contributed by atoms with Crippen molar-refractivity contribution >= 4 is 35.6 Å². The van der Waals surface area contributed by atoms with Gasteiger partial charge in [-0.1, -0.05) is 6.08 Å². The van der Waals surface area contributed by atoms with Gasteiger partial charge in [-0.2, -0.15) is 8.62 Å². The van der Waals surface area contributed by atoms with Gasteiger partial charge < -0.3 is 29.4 Å². The number of nitrogens with zero attached hydrogens (tertiary/aromatic N) is 1. The molecule has 17 heteroatoms. The minimum atomic E-state index is -5.62. The van der Waals surface area contributed by atoms with E-state index in [9.17, 15) is 28.5 Å². The van der Waals surface area contributed by atoms with Crippen molar-refractivity contribution in [1.29, 1.82) is 0 Å². The van der Waals surface area contributed by atoms with E-state index in [1.165, 1.54) is 6.21 Å². The third-order valence-electron chi connectivity index (χ3n) is 3.59. The van der Waals surface area contributed by atoms with Crippen LogP contribution >= 0.6 is 23.5 Å². The Morgan fingerprint density at radius 1 is 1.18 bits per heavy atom. The monoisotopic (exact) mass is 465 g/mol. The molecule has 5 N–H and O–H groups in total. The molecule has 0 radical (unpaired) electrons. The number of carbonyl (C=O) groups is 1. The number of dihydropyridines is 1. The number of ether oxygens (including phenoxy) is 1. The fourth-order valence-corrected chi connectivity index (χ4v) is 5.44. The van der Waals surface area contributed by atoms with Crippen LogP contribution in [-0.4, -0.2) is 61.7 Å². The van der Waals surface area contributed by atoms with Gasteiger partial charge in [0, 0.05) is 12.6 Å². The molecule has 2 aliphatic heterocycles. The number of phosphoric acid groups is 3. The second-order valence-corrected chi connectivity index (χ2v) is 10.3. The molecular formula is C11H18NO13P3. The average molecular weight is 465 g/mol. The highest BCUT2D eigenvalue weighted by Gasteiger charge is 2.43. The predicted molar refractivity (Wildman–Crippen MR) is 89.8 cm³/mol. The zero-order chi connectivity index (χ0) is 21.3. The summed E-state index contributed by atoms with van der Waals surface area (Å²) in [6, 6.07) is 0. The molecule has 1 fully saturated rings. The highest BCUT2D eigenvalue weighted by atomic mass is 31.3. The Morgan fingerprint density at radius 3 is 2.39 bits per heavy atom. The summed E-state index contributed by atoms with van der Waals surface area (Å²) in [7, 11) is -16.4. The smallest absolute Gasteiger partial charge is 0.390 e. The van der Waals surface area contributed by atoms with Crippen molar-refractivity contribution in [2.75, 3.05) is 6.61 Å². The van der Waals surface area contributed by atoms with Crippen molar-refractivity contribution in [2.24, 2.45) is 10.9 Å². The molecule has 1 saturated heterocycles. The van der Waals surface area contributed by atoms with Crippen LogP contribution in [0.3, 0.4) is 0 Å². The predicted octanol–water partition coefficient (Wildman–Crippen LogP) is 0.0216. The first-order valence-electron chi connectivity index (χ1n) is 7.59. The summed E-state index contributed by atoms with van der Waals surface area (Å²) in [5, 5.41) is 10.0. The lowest BCUT2D eigenvalue weighted by molar-refractivity contribution is -0.119. The molecule has 2 aliphatic rings. The Kier molecular flexibility index (Phi) is 7.31. The molecule has 14 nitrogen and oxygen atoms in total. The van der Waals surface area contributed by atoms with Crippen molar-refractivity contribution < 1.29 is 61.1 Å². The van der Waals surface area contributed by atoms with E-state index in [2.05, 4.69) is 18.1 Å². The number of amides is 1. The maximum absolute atomic E-state index is 11.7. The van der Waals surface area contributed by atoms with Crippen LogP contribution < -0.4 is 0 Å². The average Bonchev–Trinajstić information content (AvgIpc) is 2.85. The summed E-state index contributed by atoms with van der Waals surface area (Å²) >= 11 is 0. The first-order valence-corrected chi connectivity index (χ1v) is 12.1. The van der Waals surface area contributed by atoms with Gasteiger partial charge in [0.2, 0.25) is 0 Å². The van der Waals surface area contributed by atoms with Crippen LogP contribution in [0.15, 0.2) is 16.6 Å². The lowest BCUT2D eigenvalue weighted by atomic mass is 9.98. The molecule has 3 unspecified atom stereocenters. The van der Waals surface area contributed by atoms with Crippen molar-refractivity contribution in [3.05, 3.63) is 11.6 Å². The van der Waals surface area contributed by atoms with Gasteiger partial charge in [-0.25, -0.2) is 18.7 Å². The zero-order valence-corrected chi connectivity index (χ0v) is 16.9. The first-order chi connectivity index (χ1) is 12.7. The molecule has 6 atom stereocenters. The topological polar surface area (TPSA) is 219 Å². The lowest BCUT2D eigenvalue weighted by Gasteiger charge is -2.20. The number of carbonyl (C=O) groups excluding carboxylic acids is 1. The van der Waals surface area contributed by atoms with Gasteiger partial charge in [-0.05, 0) is 12.5 Å². The van der Waals surface area contributed by atoms with Crippen LogP contribution in [0.5, 0.6) is 0 Å². The Morgan fingerprint density at radius 2 is 1.82 bits per heavy atom. The largest absolute Gasteiger partial charge is 0.490 e. The normalized spacial score (nSPS) is 32.6. The van der Waals surface area contributed by atoms with E-state index in [1.54, 1.807) is 13.0 Å². The Bertz CT molecular complexity index is 819. The fourth-order valence-electron chi connectivity index (χ4n) is 2.41. The molecule has 0 bridgehead atoms. The molecule has 0 aromatic carbocycles. The van der Waals surface area contributed by atoms with Crippen molar-refractivity contribution in [3.63, 3.8) is 0 Å². The summed E-state index contributed by atoms with van der Waals surface area (Å²) in [6.07, 6.45) is -0.0362. The van der Waals surface area contributed by atoms with Crippen LogP contribution in [0.2, 0.25) is 0 Å². The van der Waals surface area contributed by atoms with Crippen molar-refractivity contribution in [3.8, 4) is 0 Å². The minimum absolute atomic E-state index is 0.0587. The summed E-state index contributed by atoms with van der Waals surface area (Å²) in [4.78, 5) is 50.4. The number of aliphatic hydroxyl groups is 1. The van der Waals surface area contributed by atoms with Gasteiger partial charge in [-0.3, -0.25) is 9.32 Å². The summed E-state index contributed by atoms with van der Waals surface area (Å²) < 4.78 is 50.6. The van der Waals surface area contributed by atoms with Crippen LogP contribution in [0.25, 0.3) is 0 Å². The second kappa shape index (κ2) is 8.65. The number of phosphoric ester groups is 1. The van der Waals surface area contributed by atoms with Gasteiger partial charge >= 0.3 is 23.5 Å². The van der Waals surface area contributed by atoms with Gasteiger partial charge in [0.1, 0.15) is 6.10 Å². The molecule has 0 aliphatic carbocycles. The standard InChI is InChI=1S/C11H18NO13P3/c1-6-2-7(4-12-11(6)14)9-3-8(13)10(23-9)5-22-27(18,19)25-28(20,21)24-26(15,16)17/h2,4,6,8-10,13H,3,5H2,1H3,(H,18,19)(H,20,21)(H2,15,16,17)/t6?,8-,9+,10+/m0/s1. The van der Waals surface area contributed by atoms with E-state index in [0.29, 0.717) is 5.57 Å². The van der Waals surface area contributed by atoms with E-state index in [1.807, 2.05) is 0 Å². The summed E-state index contributed by atoms with van der Waals surface area (Å²) in [5.41, 5.74) is 0.520. The summed E-state index contributed by atoms with van der Waals surface area (Å²) in [6.45, 7) is 0.858. The van der Waals surface area contributed by atoms with E-state index in [-0.39, 0.29) is 12.3 Å². The Hall–Kier alpha value is -0.590. The molecule has 2 rings (SSSR count). The van der Waals surface area contributed by atoms with E-state index >= 15 is 0 Å². The minimum Gasteiger partial charge on any atom is -0.390 e. The maximum atomic E-state index is 11.7. The third-order valence-corrected chi connectivity index (χ3v) is 7.39. The van der Waals surface area contributed by atoms with Crippen LogP contribution in [0.1, 0.15) is 13.3 Å². The van der Waals surface area contributed by atoms with Crippen molar-refractivity contribution in [1.82, 2.24) is 0 Å². The molecule has 0 spiro atoms. The molecule has 28 heavy (non-hydrogen) atoms. The highest BCUT2D eigenvalue weighted by molar-refractivity contribution is 7.66. The van der Waals surface area contributed by atoms with Crippen molar-refractivity contribution in [2.45, 2.75) is 31.7 Å². The van der Waals surface area contributed by atoms with Crippen LogP contribution in [0, 0.1) is 5.92 Å². The second-order valence-electron chi connectivity index (χ2n) is 5.90. The number of rotatable bonds is 8. The number of aliphatic hydroxyl groups excluding tert-OH is 1. The molecule has 1 amide bonds. The number of aliphatic imine (C=N–C) groups is 1. The molecule has 0 aromatic heterocycles. The number of hydrogen-bond acceptors (Lipinski definition) is 9. The van der Waals surface area contributed by atoms with Gasteiger partial charge in [-0.15, -0.1) is 0 Å². The van der Waals surface area contributed by atoms with Gasteiger partial charge in [0.15, 0.2) is 0 Å². The van der Waals surface area contributed by atoms with Gasteiger partial charge in [0.25, 0.3) is 5.91 Å².